The first-order chi connectivity index (χ1) is 10.9. The van der Waals surface area contributed by atoms with Gasteiger partial charge in [-0.05, 0) is 53.9 Å². The molecular weight excluding hydrogens is 308 g/mol. The number of nitrogens with one attached hydrogen (secondary N) is 1. The van der Waals surface area contributed by atoms with Crippen molar-refractivity contribution in [2.75, 3.05) is 7.05 Å². The number of rotatable bonds is 5. The molecule has 6 nitrogen and oxygen atoms in total. The van der Waals surface area contributed by atoms with Crippen molar-refractivity contribution >= 4 is 12.0 Å². The van der Waals surface area contributed by atoms with E-state index in [1.807, 2.05) is 0 Å². The molecule has 0 aromatic heterocycles. The van der Waals surface area contributed by atoms with Gasteiger partial charge in [0.25, 0.3) is 0 Å². The minimum Gasteiger partial charge on any atom is -0.444 e. The van der Waals surface area contributed by atoms with E-state index in [0.717, 1.165) is 19.3 Å². The quantitative estimate of drug-likeness (QED) is 0.754. The highest BCUT2D eigenvalue weighted by Gasteiger charge is 2.35. The molecule has 6 heteroatoms. The second-order valence-corrected chi connectivity index (χ2v) is 8.11. The summed E-state index contributed by atoms with van der Waals surface area (Å²) in [5.74, 6) is -0.259. The molecule has 0 radical (unpaired) electrons. The van der Waals surface area contributed by atoms with Crippen molar-refractivity contribution in [2.24, 2.45) is 0 Å². The number of allylic oxidation sites excluding steroid dienone is 1. The average Bonchev–Trinajstić information content (AvgIpc) is 2.42. The lowest BCUT2D eigenvalue weighted by Gasteiger charge is -2.34. The van der Waals surface area contributed by atoms with Crippen LogP contribution < -0.4 is 5.32 Å². The van der Waals surface area contributed by atoms with Crippen LogP contribution in [0.25, 0.3) is 0 Å². The summed E-state index contributed by atoms with van der Waals surface area (Å²) in [6.07, 6.45) is 6.32. The molecule has 1 aliphatic carbocycles. The fourth-order valence-corrected chi connectivity index (χ4v) is 2.56. The number of amides is 2. The Morgan fingerprint density at radius 2 is 1.92 bits per heavy atom. The van der Waals surface area contributed by atoms with Gasteiger partial charge in [-0.15, -0.1) is 0 Å². The largest absolute Gasteiger partial charge is 0.444 e. The summed E-state index contributed by atoms with van der Waals surface area (Å²) in [5, 5.41) is 13.1. The van der Waals surface area contributed by atoms with Crippen LogP contribution in [0.2, 0.25) is 0 Å². The van der Waals surface area contributed by atoms with Gasteiger partial charge in [0.05, 0.1) is 5.60 Å². The highest BCUT2D eigenvalue weighted by molar-refractivity contribution is 5.86. The lowest BCUT2D eigenvalue weighted by Crippen LogP contribution is -2.53. The number of carbonyl (C=O) groups is 2. The summed E-state index contributed by atoms with van der Waals surface area (Å²) >= 11 is 0. The predicted octanol–water partition coefficient (Wildman–Crippen LogP) is 2.61. The summed E-state index contributed by atoms with van der Waals surface area (Å²) in [7, 11) is 1.53. The van der Waals surface area contributed by atoms with Crippen LogP contribution in [0, 0.1) is 0 Å². The maximum atomic E-state index is 12.7. The van der Waals surface area contributed by atoms with Gasteiger partial charge in [-0.3, -0.25) is 9.69 Å². The number of hydrogen-bond donors (Lipinski definition) is 2. The first kappa shape index (κ1) is 20.5. The van der Waals surface area contributed by atoms with E-state index in [-0.39, 0.29) is 18.4 Å². The van der Waals surface area contributed by atoms with E-state index < -0.39 is 23.3 Å². The van der Waals surface area contributed by atoms with Gasteiger partial charge in [-0.1, -0.05) is 12.2 Å². The van der Waals surface area contributed by atoms with Gasteiger partial charge in [0.1, 0.15) is 11.6 Å². The first-order valence-corrected chi connectivity index (χ1v) is 8.52. The highest BCUT2D eigenvalue weighted by Crippen LogP contribution is 2.19. The smallest absolute Gasteiger partial charge is 0.410 e. The molecule has 2 amide bonds. The van der Waals surface area contributed by atoms with Crippen LogP contribution in [-0.4, -0.2) is 52.3 Å². The average molecular weight is 340 g/mol. The van der Waals surface area contributed by atoms with Crippen molar-refractivity contribution in [1.82, 2.24) is 10.2 Å². The molecule has 0 heterocycles. The Labute approximate surface area is 145 Å². The van der Waals surface area contributed by atoms with Crippen molar-refractivity contribution in [3.8, 4) is 0 Å². The Bertz CT molecular complexity index is 474. The van der Waals surface area contributed by atoms with Crippen LogP contribution in [0.1, 0.15) is 60.3 Å². The van der Waals surface area contributed by atoms with E-state index in [1.165, 1.54) is 11.9 Å². The van der Waals surface area contributed by atoms with E-state index >= 15 is 0 Å². The molecule has 0 saturated heterocycles. The van der Waals surface area contributed by atoms with Crippen molar-refractivity contribution in [3.05, 3.63) is 12.2 Å². The van der Waals surface area contributed by atoms with Gasteiger partial charge in [0.15, 0.2) is 0 Å². The third-order valence-corrected chi connectivity index (χ3v) is 3.76. The number of hydrogen-bond acceptors (Lipinski definition) is 4. The maximum Gasteiger partial charge on any atom is 0.410 e. The number of carbonyl (C=O) groups excluding carboxylic acids is 2. The lowest BCUT2D eigenvalue weighted by molar-refractivity contribution is -0.129. The predicted molar refractivity (Wildman–Crippen MR) is 93.6 cm³/mol. The van der Waals surface area contributed by atoms with Gasteiger partial charge in [-0.25, -0.2) is 4.79 Å². The van der Waals surface area contributed by atoms with Crippen LogP contribution >= 0.6 is 0 Å². The topological polar surface area (TPSA) is 78.9 Å². The molecule has 0 spiro atoms. The van der Waals surface area contributed by atoms with Gasteiger partial charge < -0.3 is 15.2 Å². The molecular formula is C18H32N2O4. The van der Waals surface area contributed by atoms with Crippen LogP contribution in [-0.2, 0) is 9.53 Å². The molecule has 2 N–H and O–H groups in total. The van der Waals surface area contributed by atoms with Crippen LogP contribution in [0.3, 0.4) is 0 Å². The molecule has 0 aromatic rings. The molecule has 0 aromatic carbocycles. The zero-order valence-corrected chi connectivity index (χ0v) is 15.8. The monoisotopic (exact) mass is 340 g/mol. The molecule has 138 valence electrons. The molecule has 2 unspecified atom stereocenters. The van der Waals surface area contributed by atoms with Crippen molar-refractivity contribution in [2.45, 2.75) is 83.6 Å². The van der Waals surface area contributed by atoms with Gasteiger partial charge in [0.2, 0.25) is 5.91 Å². The SMILES string of the molecule is CN(C(=O)OC(C)(C)C)C(CC(C)(C)O)C(=O)NC1CC=CCC1. The Morgan fingerprint density at radius 3 is 2.38 bits per heavy atom. The minimum atomic E-state index is -1.08. The Morgan fingerprint density at radius 1 is 1.29 bits per heavy atom. The van der Waals surface area contributed by atoms with Crippen LogP contribution in [0.5, 0.6) is 0 Å². The highest BCUT2D eigenvalue weighted by atomic mass is 16.6. The second-order valence-electron chi connectivity index (χ2n) is 8.11. The minimum absolute atomic E-state index is 0.0684. The van der Waals surface area contributed by atoms with E-state index in [0.29, 0.717) is 0 Å². The second kappa shape index (κ2) is 8.01. The normalized spacial score (nSPS) is 19.5. The maximum absolute atomic E-state index is 12.7. The summed E-state index contributed by atoms with van der Waals surface area (Å²) in [5.41, 5.74) is -1.72. The molecule has 2 atom stereocenters. The Kier molecular flexibility index (Phi) is 6.84. The van der Waals surface area contributed by atoms with E-state index in [1.54, 1.807) is 34.6 Å². The number of nitrogens with zero attached hydrogens (tertiary/aromatic N) is 1. The van der Waals surface area contributed by atoms with Gasteiger partial charge >= 0.3 is 6.09 Å². The molecule has 1 rings (SSSR count). The first-order valence-electron chi connectivity index (χ1n) is 8.52. The zero-order chi connectivity index (χ0) is 18.5. The zero-order valence-electron chi connectivity index (χ0n) is 15.8. The van der Waals surface area contributed by atoms with E-state index in [2.05, 4.69) is 17.5 Å². The molecule has 1 aliphatic rings. The fourth-order valence-electron chi connectivity index (χ4n) is 2.56. The lowest BCUT2D eigenvalue weighted by atomic mass is 9.96. The Hall–Kier alpha value is -1.56. The van der Waals surface area contributed by atoms with Crippen molar-refractivity contribution in [3.63, 3.8) is 0 Å². The van der Waals surface area contributed by atoms with E-state index in [4.69, 9.17) is 4.74 Å². The molecule has 0 aliphatic heterocycles. The van der Waals surface area contributed by atoms with Crippen LogP contribution in [0.4, 0.5) is 4.79 Å². The molecule has 0 bridgehead atoms. The standard InChI is InChI=1S/C18H32N2O4/c1-17(2,3)24-16(22)20(6)14(12-18(4,5)23)15(21)19-13-10-8-7-9-11-13/h7-8,13-14,23H,9-12H2,1-6H3,(H,19,21). The van der Waals surface area contributed by atoms with Crippen molar-refractivity contribution < 1.29 is 19.4 Å². The third kappa shape index (κ3) is 7.34. The number of aliphatic hydroxyl groups is 1. The molecule has 0 saturated carbocycles. The summed E-state index contributed by atoms with van der Waals surface area (Å²) < 4.78 is 5.35. The number of ether oxygens (including phenoxy) is 1. The summed E-state index contributed by atoms with van der Waals surface area (Å²) in [6, 6.07) is -0.718. The number of likely N-dealkylation sites (N-methyl/N-ethyl adjacent to an activating group) is 1. The summed E-state index contributed by atoms with van der Waals surface area (Å²) in [6.45, 7) is 8.58. The fraction of sp³-hybridized carbons (Fsp3) is 0.778. The molecule has 0 fully saturated rings. The van der Waals surface area contributed by atoms with Gasteiger partial charge in [0, 0.05) is 19.5 Å². The molecule has 24 heavy (non-hydrogen) atoms. The van der Waals surface area contributed by atoms with Crippen molar-refractivity contribution in [1.29, 1.82) is 0 Å². The van der Waals surface area contributed by atoms with Crippen LogP contribution in [0.15, 0.2) is 12.2 Å². The third-order valence-electron chi connectivity index (χ3n) is 3.76. The van der Waals surface area contributed by atoms with E-state index in [9.17, 15) is 14.7 Å². The summed E-state index contributed by atoms with van der Waals surface area (Å²) in [4.78, 5) is 26.3. The van der Waals surface area contributed by atoms with Gasteiger partial charge in [-0.2, -0.15) is 0 Å². The Balaban J connectivity index is 2.83.